The quantitative estimate of drug-likeness (QED) is 0.429. The molecule has 33 heavy (non-hydrogen) atoms. The van der Waals surface area contributed by atoms with Crippen LogP contribution in [0.2, 0.25) is 0 Å². The molecule has 0 unspecified atom stereocenters. The number of para-hydroxylation sites is 1. The van der Waals surface area contributed by atoms with E-state index in [2.05, 4.69) is 20.6 Å². The molecule has 2 N–H and O–H groups in total. The number of carbonyl (C=O) groups excluding carboxylic acids is 2. The van der Waals surface area contributed by atoms with Gasteiger partial charge in [-0.1, -0.05) is 18.2 Å². The number of hydrogen-bond donors (Lipinski definition) is 2. The van der Waals surface area contributed by atoms with Crippen molar-refractivity contribution < 1.29 is 19.1 Å². The van der Waals surface area contributed by atoms with E-state index < -0.39 is 0 Å². The molecule has 2 amide bonds. The summed E-state index contributed by atoms with van der Waals surface area (Å²) in [5.74, 6) is 0.772. The van der Waals surface area contributed by atoms with Crippen LogP contribution in [-0.2, 0) is 0 Å². The predicted octanol–water partition coefficient (Wildman–Crippen LogP) is 4.78. The molecule has 4 rings (SSSR count). The Morgan fingerprint density at radius 1 is 0.818 bits per heavy atom. The van der Waals surface area contributed by atoms with Gasteiger partial charge in [0, 0.05) is 29.7 Å². The number of nitrogens with zero attached hydrogens (tertiary/aromatic N) is 2. The number of hydrogen-bond acceptors (Lipinski definition) is 6. The second-order valence-electron chi connectivity index (χ2n) is 6.86. The zero-order valence-corrected chi connectivity index (χ0v) is 17.7. The third-order valence-corrected chi connectivity index (χ3v) is 4.63. The summed E-state index contributed by atoms with van der Waals surface area (Å²) in [5, 5.41) is 5.62. The first-order valence-electron chi connectivity index (χ1n) is 10.0. The maximum atomic E-state index is 13.0. The number of methoxy groups -OCH3 is 1. The normalized spacial score (nSPS) is 10.2. The topological polar surface area (TPSA) is 102 Å². The third kappa shape index (κ3) is 5.50. The second kappa shape index (κ2) is 10.1. The highest BCUT2D eigenvalue weighted by molar-refractivity contribution is 6.12. The molecule has 0 aliphatic carbocycles. The Labute approximate surface area is 190 Å². The molecule has 1 heterocycles. The number of nitrogens with one attached hydrogen (secondary N) is 2. The second-order valence-corrected chi connectivity index (χ2v) is 6.86. The zero-order chi connectivity index (χ0) is 23.0. The van der Waals surface area contributed by atoms with Gasteiger partial charge in [0.15, 0.2) is 0 Å². The van der Waals surface area contributed by atoms with Gasteiger partial charge in [-0.2, -0.15) is 0 Å². The van der Waals surface area contributed by atoms with Crippen LogP contribution in [0.15, 0.2) is 91.4 Å². The monoisotopic (exact) mass is 440 g/mol. The first-order chi connectivity index (χ1) is 16.1. The molecule has 0 aliphatic heterocycles. The molecule has 0 saturated heterocycles. The summed E-state index contributed by atoms with van der Waals surface area (Å²) in [6, 6.07) is 20.4. The Morgan fingerprint density at radius 2 is 1.64 bits per heavy atom. The molecule has 8 nitrogen and oxygen atoms in total. The molecule has 0 atom stereocenters. The van der Waals surface area contributed by atoms with Crippen molar-refractivity contribution in [2.24, 2.45) is 0 Å². The lowest BCUT2D eigenvalue weighted by Gasteiger charge is -2.12. The van der Waals surface area contributed by atoms with Crippen molar-refractivity contribution in [3.05, 3.63) is 103 Å². The average Bonchev–Trinajstić information content (AvgIpc) is 2.85. The van der Waals surface area contributed by atoms with E-state index in [1.54, 1.807) is 86.1 Å². The standard InChI is InChI=1S/C25H20N4O4/c1-32-19-11-9-17(10-12-19)24(30)29-22-8-3-2-7-21(22)25(31)28-18-5-4-6-20(15-18)33-23-16-26-13-14-27-23/h2-16H,1H3,(H,28,31)(H,29,30). The average molecular weight is 440 g/mol. The highest BCUT2D eigenvalue weighted by Crippen LogP contribution is 2.24. The van der Waals surface area contributed by atoms with Crippen molar-refractivity contribution in [1.29, 1.82) is 0 Å². The van der Waals surface area contributed by atoms with Gasteiger partial charge in [0.1, 0.15) is 11.5 Å². The summed E-state index contributed by atoms with van der Waals surface area (Å²) in [6.45, 7) is 0. The summed E-state index contributed by atoms with van der Waals surface area (Å²) < 4.78 is 10.8. The maximum absolute atomic E-state index is 13.0. The lowest BCUT2D eigenvalue weighted by atomic mass is 10.1. The van der Waals surface area contributed by atoms with Crippen molar-refractivity contribution in [2.75, 3.05) is 17.7 Å². The molecule has 4 aromatic rings. The molecule has 0 bridgehead atoms. The van der Waals surface area contributed by atoms with Gasteiger partial charge < -0.3 is 20.1 Å². The van der Waals surface area contributed by atoms with E-state index in [1.807, 2.05) is 0 Å². The van der Waals surface area contributed by atoms with Gasteiger partial charge in [0.25, 0.3) is 11.8 Å². The van der Waals surface area contributed by atoms with Gasteiger partial charge in [0.05, 0.1) is 24.6 Å². The van der Waals surface area contributed by atoms with Crippen LogP contribution >= 0.6 is 0 Å². The van der Waals surface area contributed by atoms with Crippen LogP contribution in [0.25, 0.3) is 0 Å². The van der Waals surface area contributed by atoms with Gasteiger partial charge in [-0.15, -0.1) is 0 Å². The van der Waals surface area contributed by atoms with Gasteiger partial charge >= 0.3 is 0 Å². The molecule has 0 aliphatic rings. The van der Waals surface area contributed by atoms with E-state index in [-0.39, 0.29) is 11.8 Å². The summed E-state index contributed by atoms with van der Waals surface area (Å²) in [6.07, 6.45) is 4.57. The van der Waals surface area contributed by atoms with Crippen LogP contribution in [-0.4, -0.2) is 28.9 Å². The minimum Gasteiger partial charge on any atom is -0.497 e. The molecular formula is C25H20N4O4. The van der Waals surface area contributed by atoms with Gasteiger partial charge in [0.2, 0.25) is 5.88 Å². The number of benzene rings is 3. The fraction of sp³-hybridized carbons (Fsp3) is 0.0400. The lowest BCUT2D eigenvalue weighted by Crippen LogP contribution is -2.18. The van der Waals surface area contributed by atoms with Crippen LogP contribution in [0.3, 0.4) is 0 Å². The third-order valence-electron chi connectivity index (χ3n) is 4.63. The maximum Gasteiger partial charge on any atom is 0.257 e. The van der Waals surface area contributed by atoms with Gasteiger partial charge in [-0.3, -0.25) is 14.6 Å². The first-order valence-corrected chi connectivity index (χ1v) is 10.0. The van der Waals surface area contributed by atoms with E-state index in [4.69, 9.17) is 9.47 Å². The summed E-state index contributed by atoms with van der Waals surface area (Å²) in [5.41, 5.74) is 1.68. The molecule has 8 heteroatoms. The van der Waals surface area contributed by atoms with E-state index in [0.717, 1.165) is 0 Å². The first kappa shape index (κ1) is 21.5. The van der Waals surface area contributed by atoms with E-state index in [1.165, 1.54) is 12.4 Å². The number of aromatic nitrogens is 2. The largest absolute Gasteiger partial charge is 0.497 e. The fourth-order valence-corrected chi connectivity index (χ4v) is 3.02. The van der Waals surface area contributed by atoms with E-state index in [9.17, 15) is 9.59 Å². The predicted molar refractivity (Wildman–Crippen MR) is 124 cm³/mol. The zero-order valence-electron chi connectivity index (χ0n) is 17.7. The molecular weight excluding hydrogens is 420 g/mol. The van der Waals surface area contributed by atoms with Crippen LogP contribution in [0.5, 0.6) is 17.4 Å². The Morgan fingerprint density at radius 3 is 2.39 bits per heavy atom. The number of anilines is 2. The Bertz CT molecular complexity index is 1260. The van der Waals surface area contributed by atoms with E-state index in [0.29, 0.717) is 39.9 Å². The number of amides is 2. The van der Waals surface area contributed by atoms with Gasteiger partial charge in [-0.25, -0.2) is 4.98 Å². The number of carbonyl (C=O) groups is 2. The minimum atomic E-state index is -0.378. The van der Waals surface area contributed by atoms with Crippen molar-refractivity contribution in [3.8, 4) is 17.4 Å². The van der Waals surface area contributed by atoms with Gasteiger partial charge in [-0.05, 0) is 48.5 Å². The molecule has 0 radical (unpaired) electrons. The van der Waals surface area contributed by atoms with Crippen LogP contribution in [0.4, 0.5) is 11.4 Å². The molecule has 0 fully saturated rings. The summed E-state index contributed by atoms with van der Waals surface area (Å²) >= 11 is 0. The molecule has 0 saturated carbocycles. The van der Waals surface area contributed by atoms with Crippen LogP contribution in [0, 0.1) is 0 Å². The Hall–Kier alpha value is -4.72. The SMILES string of the molecule is COc1ccc(C(=O)Nc2ccccc2C(=O)Nc2cccc(Oc3cnccn3)c2)cc1. The van der Waals surface area contributed by atoms with Crippen molar-refractivity contribution >= 4 is 23.2 Å². The molecule has 0 spiro atoms. The molecule has 1 aromatic heterocycles. The number of rotatable bonds is 7. The Kier molecular flexibility index (Phi) is 6.56. The van der Waals surface area contributed by atoms with Crippen molar-refractivity contribution in [3.63, 3.8) is 0 Å². The minimum absolute atomic E-state index is 0.319. The van der Waals surface area contributed by atoms with Crippen molar-refractivity contribution in [1.82, 2.24) is 9.97 Å². The van der Waals surface area contributed by atoms with Crippen LogP contribution in [0.1, 0.15) is 20.7 Å². The lowest BCUT2D eigenvalue weighted by molar-refractivity contribution is 0.102. The van der Waals surface area contributed by atoms with Crippen LogP contribution < -0.4 is 20.1 Å². The fourth-order valence-electron chi connectivity index (χ4n) is 3.02. The number of ether oxygens (including phenoxy) is 2. The Balaban J connectivity index is 1.48. The highest BCUT2D eigenvalue weighted by atomic mass is 16.5. The van der Waals surface area contributed by atoms with Crippen molar-refractivity contribution in [2.45, 2.75) is 0 Å². The molecule has 164 valence electrons. The summed E-state index contributed by atoms with van der Waals surface area (Å²) in [4.78, 5) is 33.6. The smallest absolute Gasteiger partial charge is 0.257 e. The molecule has 3 aromatic carbocycles. The van der Waals surface area contributed by atoms with E-state index >= 15 is 0 Å². The summed E-state index contributed by atoms with van der Waals surface area (Å²) in [7, 11) is 1.56. The highest BCUT2D eigenvalue weighted by Gasteiger charge is 2.15.